The summed E-state index contributed by atoms with van der Waals surface area (Å²) in [6.45, 7) is 3.48. The summed E-state index contributed by atoms with van der Waals surface area (Å²) >= 11 is 0. The maximum atomic E-state index is 14.6. The molecule has 5 rings (SSSR count). The highest BCUT2D eigenvalue weighted by atomic mass is 32.2. The van der Waals surface area contributed by atoms with Crippen molar-refractivity contribution in [3.8, 4) is 5.75 Å². The van der Waals surface area contributed by atoms with Gasteiger partial charge in [0.1, 0.15) is 29.7 Å². The summed E-state index contributed by atoms with van der Waals surface area (Å²) in [6.07, 6.45) is 10.2. The average molecular weight is 589 g/mol. The summed E-state index contributed by atoms with van der Waals surface area (Å²) in [5.74, 6) is 3.06. The highest BCUT2D eigenvalue weighted by molar-refractivity contribution is 8.02. The van der Waals surface area contributed by atoms with Gasteiger partial charge in [-0.05, 0) is 48.4 Å². The Labute approximate surface area is 240 Å². The normalized spacial score (nSPS) is 26.1. The fourth-order valence-corrected chi connectivity index (χ4v) is 6.91. The number of dihydropyridines is 1. The fraction of sp³-hybridized carbons (Fsp3) is 0.500. The molecule has 2 N–H and O–H groups in total. The van der Waals surface area contributed by atoms with E-state index in [0.717, 1.165) is 66.3 Å². The highest BCUT2D eigenvalue weighted by Gasteiger charge is 2.30. The molecule has 0 saturated carbocycles. The monoisotopic (exact) mass is 588 g/mol. The molecule has 3 aliphatic heterocycles. The number of unbranched alkanes of at least 4 members (excludes halogenated alkanes) is 1. The van der Waals surface area contributed by atoms with Crippen LogP contribution < -0.4 is 14.8 Å². The summed E-state index contributed by atoms with van der Waals surface area (Å²) in [7, 11) is -1.79. The first-order chi connectivity index (χ1) is 19.8. The van der Waals surface area contributed by atoms with E-state index in [-0.39, 0.29) is 30.0 Å². The molecule has 1 aliphatic carbocycles. The van der Waals surface area contributed by atoms with E-state index in [4.69, 9.17) is 19.2 Å². The zero-order chi connectivity index (χ0) is 29.0. The third-order valence-electron chi connectivity index (χ3n) is 7.60. The maximum absolute atomic E-state index is 14.6. The van der Waals surface area contributed by atoms with Gasteiger partial charge in [-0.15, -0.1) is 0 Å². The zero-order valence-corrected chi connectivity index (χ0v) is 24.4. The van der Waals surface area contributed by atoms with Gasteiger partial charge in [-0.1, -0.05) is 19.4 Å². The number of hydrogen-bond acceptors (Lipinski definition) is 7. The number of nitrogens with zero attached hydrogens (tertiary/aromatic N) is 2. The minimum absolute atomic E-state index is 0.0140. The second-order valence-corrected chi connectivity index (χ2v) is 12.7. The lowest BCUT2D eigenvalue weighted by Crippen LogP contribution is -2.44. The molecule has 11 heteroatoms. The van der Waals surface area contributed by atoms with Crippen LogP contribution in [0.5, 0.6) is 5.75 Å². The van der Waals surface area contributed by atoms with Crippen molar-refractivity contribution in [2.75, 3.05) is 25.6 Å². The first-order valence-electron chi connectivity index (χ1n) is 14.2. The van der Waals surface area contributed by atoms with Gasteiger partial charge in [0.2, 0.25) is 0 Å². The predicted octanol–water partition coefficient (Wildman–Crippen LogP) is 5.46. The van der Waals surface area contributed by atoms with E-state index < -0.39 is 33.6 Å². The SMILES string of the molecule is C=S(=O)(NC1C=C(c2cc3c(c(OC4CCOCC4)c2)NC(CCCC)N=C3)C=NC1OC)C1=C(F)C=C(F)CC1. The Hall–Kier alpha value is -2.86. The largest absolute Gasteiger partial charge is 0.488 e. The van der Waals surface area contributed by atoms with Crippen molar-refractivity contribution in [3.63, 3.8) is 0 Å². The smallest absolute Gasteiger partial charge is 0.167 e. The Balaban J connectivity index is 1.47. The molecule has 1 saturated heterocycles. The number of methoxy groups -OCH3 is 1. The van der Waals surface area contributed by atoms with Crippen LogP contribution in [0.3, 0.4) is 0 Å². The van der Waals surface area contributed by atoms with Gasteiger partial charge in [0.15, 0.2) is 6.23 Å². The standard InChI is InChI=1S/C30H38F2N4O4S/c1-4-5-6-28-33-18-21-13-19(15-26(29(21)35-28)40-23-9-11-39-12-10-23)20-14-25(30(38-2)34-17-20)36-41(3,37)27-8-7-22(31)16-24(27)32/h13-18,23,25,28,30,35H,3-12H2,1-2H3,(H,36,37). The van der Waals surface area contributed by atoms with Crippen LogP contribution >= 0.6 is 0 Å². The molecule has 1 aromatic rings. The van der Waals surface area contributed by atoms with Crippen LogP contribution in [0.4, 0.5) is 14.5 Å². The van der Waals surface area contributed by atoms with E-state index in [1.165, 1.54) is 7.11 Å². The van der Waals surface area contributed by atoms with Gasteiger partial charge in [-0.25, -0.2) is 17.7 Å². The van der Waals surface area contributed by atoms with Crippen molar-refractivity contribution in [1.29, 1.82) is 0 Å². The summed E-state index contributed by atoms with van der Waals surface area (Å²) < 4.78 is 62.2. The Morgan fingerprint density at radius 1 is 1.20 bits per heavy atom. The first-order valence-corrected chi connectivity index (χ1v) is 15.9. The molecular formula is C30H38F2N4O4S. The van der Waals surface area contributed by atoms with Crippen molar-refractivity contribution < 1.29 is 27.2 Å². The van der Waals surface area contributed by atoms with Crippen LogP contribution in [0, 0.1) is 0 Å². The molecule has 0 bridgehead atoms. The van der Waals surface area contributed by atoms with Gasteiger partial charge in [0.05, 0.1) is 39.6 Å². The van der Waals surface area contributed by atoms with Crippen molar-refractivity contribution in [1.82, 2.24) is 4.72 Å². The lowest BCUT2D eigenvalue weighted by molar-refractivity contribution is 0.0258. The van der Waals surface area contributed by atoms with Crippen molar-refractivity contribution in [2.24, 2.45) is 9.98 Å². The highest BCUT2D eigenvalue weighted by Crippen LogP contribution is 2.37. The topological polar surface area (TPSA) is 93.5 Å². The predicted molar refractivity (Wildman–Crippen MR) is 161 cm³/mol. The van der Waals surface area contributed by atoms with Crippen LogP contribution in [0.15, 0.2) is 50.8 Å². The van der Waals surface area contributed by atoms with Crippen LogP contribution in [-0.4, -0.2) is 67.4 Å². The summed E-state index contributed by atoms with van der Waals surface area (Å²) in [6, 6.07) is 3.32. The Kier molecular flexibility index (Phi) is 9.38. The molecule has 0 radical (unpaired) electrons. The van der Waals surface area contributed by atoms with Crippen LogP contribution in [-0.2, 0) is 19.2 Å². The fourth-order valence-electron chi connectivity index (χ4n) is 5.34. The number of benzene rings is 1. The minimum Gasteiger partial charge on any atom is -0.488 e. The molecule has 1 fully saturated rings. The van der Waals surface area contributed by atoms with E-state index in [1.54, 1.807) is 6.21 Å². The summed E-state index contributed by atoms with van der Waals surface area (Å²) in [4.78, 5) is 9.21. The van der Waals surface area contributed by atoms with E-state index in [9.17, 15) is 13.0 Å². The van der Waals surface area contributed by atoms with Gasteiger partial charge in [-0.3, -0.25) is 9.98 Å². The average Bonchev–Trinajstić information content (AvgIpc) is 2.96. The Bertz CT molecular complexity index is 1400. The number of aliphatic imine (C=N–C) groups is 2. The van der Waals surface area contributed by atoms with Crippen LogP contribution in [0.2, 0.25) is 0 Å². The van der Waals surface area contributed by atoms with E-state index in [2.05, 4.69) is 27.8 Å². The van der Waals surface area contributed by atoms with E-state index in [0.29, 0.717) is 13.2 Å². The molecule has 41 heavy (non-hydrogen) atoms. The molecule has 4 unspecified atom stereocenters. The Morgan fingerprint density at radius 2 is 2.00 bits per heavy atom. The second kappa shape index (κ2) is 13.0. The number of hydrogen-bond donors (Lipinski definition) is 2. The number of allylic oxidation sites excluding steroid dienone is 5. The van der Waals surface area contributed by atoms with E-state index in [1.807, 2.05) is 24.4 Å². The lowest BCUT2D eigenvalue weighted by Gasteiger charge is -2.30. The number of nitrogens with one attached hydrogen (secondary N) is 2. The molecule has 1 aromatic carbocycles. The van der Waals surface area contributed by atoms with Crippen LogP contribution in [0.1, 0.15) is 63.0 Å². The quantitative estimate of drug-likeness (QED) is 0.354. The number of fused-ring (bicyclic) bond motifs is 1. The molecule has 222 valence electrons. The first kappa shape index (κ1) is 29.6. The molecular weight excluding hydrogens is 550 g/mol. The van der Waals surface area contributed by atoms with Gasteiger partial charge in [0, 0.05) is 50.4 Å². The van der Waals surface area contributed by atoms with Gasteiger partial charge >= 0.3 is 0 Å². The second-order valence-electron chi connectivity index (χ2n) is 10.7. The lowest BCUT2D eigenvalue weighted by atomic mass is 9.97. The third kappa shape index (κ3) is 6.97. The third-order valence-corrected chi connectivity index (χ3v) is 9.45. The number of ether oxygens (including phenoxy) is 3. The summed E-state index contributed by atoms with van der Waals surface area (Å²) in [5.41, 5.74) is 3.39. The van der Waals surface area contributed by atoms with Crippen molar-refractivity contribution in [2.45, 2.75) is 76.4 Å². The van der Waals surface area contributed by atoms with Gasteiger partial charge in [0.25, 0.3) is 0 Å². The minimum atomic E-state index is -3.28. The molecule has 8 nitrogen and oxygen atoms in total. The van der Waals surface area contributed by atoms with E-state index >= 15 is 0 Å². The molecule has 4 aliphatic rings. The van der Waals surface area contributed by atoms with Gasteiger partial charge in [-0.2, -0.15) is 0 Å². The molecule has 0 spiro atoms. The summed E-state index contributed by atoms with van der Waals surface area (Å²) in [5, 5.41) is 3.56. The maximum Gasteiger partial charge on any atom is 0.167 e. The number of anilines is 1. The number of rotatable bonds is 10. The zero-order valence-electron chi connectivity index (χ0n) is 23.5. The molecule has 0 aromatic heterocycles. The van der Waals surface area contributed by atoms with Crippen molar-refractivity contribution >= 4 is 39.3 Å². The Morgan fingerprint density at radius 3 is 2.73 bits per heavy atom. The molecule has 3 heterocycles. The van der Waals surface area contributed by atoms with Crippen molar-refractivity contribution in [3.05, 3.63) is 52.0 Å². The van der Waals surface area contributed by atoms with Crippen LogP contribution in [0.25, 0.3) is 5.57 Å². The molecule has 0 amide bonds. The molecule has 4 atom stereocenters. The van der Waals surface area contributed by atoms with Gasteiger partial charge < -0.3 is 19.5 Å². The number of halogens is 2.